The highest BCUT2D eigenvalue weighted by Crippen LogP contribution is 2.48. The van der Waals surface area contributed by atoms with Gasteiger partial charge in [-0.2, -0.15) is 17.0 Å². The van der Waals surface area contributed by atoms with Gasteiger partial charge in [0.2, 0.25) is 0 Å². The Morgan fingerprint density at radius 2 is 2.38 bits per heavy atom. The predicted octanol–water partition coefficient (Wildman–Crippen LogP) is 2.82. The van der Waals surface area contributed by atoms with Crippen LogP contribution >= 0.6 is 11.8 Å². The van der Waals surface area contributed by atoms with Gasteiger partial charge in [0.1, 0.15) is 0 Å². The van der Waals surface area contributed by atoms with Crippen LogP contribution in [0, 0.1) is 28.6 Å². The van der Waals surface area contributed by atoms with Crippen molar-refractivity contribution in [3.8, 4) is 6.07 Å². The summed E-state index contributed by atoms with van der Waals surface area (Å²) in [7, 11) is 0. The maximum Gasteiger partial charge on any atom is 0.0838 e. The van der Waals surface area contributed by atoms with Gasteiger partial charge >= 0.3 is 0 Å². The second kappa shape index (κ2) is 4.98. The van der Waals surface area contributed by atoms with Crippen LogP contribution in [0.1, 0.15) is 39.0 Å². The van der Waals surface area contributed by atoms with Crippen LogP contribution in [0.15, 0.2) is 0 Å². The fourth-order valence-electron chi connectivity index (χ4n) is 3.22. The Bertz CT molecular complexity index is 282. The zero-order valence-corrected chi connectivity index (χ0v) is 10.8. The summed E-state index contributed by atoms with van der Waals surface area (Å²) >= 11 is 1.92. The molecule has 0 spiro atoms. The second-order valence-corrected chi connectivity index (χ2v) is 6.50. The van der Waals surface area contributed by atoms with Gasteiger partial charge in [-0.1, -0.05) is 13.3 Å². The number of hydrogen-bond acceptors (Lipinski definition) is 3. The quantitative estimate of drug-likeness (QED) is 0.823. The lowest BCUT2D eigenvalue weighted by molar-refractivity contribution is 0.0227. The molecule has 0 aromatic carbocycles. The highest BCUT2D eigenvalue weighted by Gasteiger charge is 2.47. The highest BCUT2D eigenvalue weighted by atomic mass is 32.2. The molecule has 16 heavy (non-hydrogen) atoms. The number of thioether (sulfide) groups is 1. The van der Waals surface area contributed by atoms with E-state index >= 15 is 0 Å². The largest absolute Gasteiger partial charge is 0.391 e. The molecule has 0 radical (unpaired) electrons. The second-order valence-electron chi connectivity index (χ2n) is 5.35. The molecule has 4 unspecified atom stereocenters. The van der Waals surface area contributed by atoms with Crippen molar-refractivity contribution in [3.63, 3.8) is 0 Å². The number of aliphatic hydroxyl groups excluding tert-OH is 1. The number of hydrogen-bond donors (Lipinski definition) is 1. The first-order valence-electron chi connectivity index (χ1n) is 6.39. The summed E-state index contributed by atoms with van der Waals surface area (Å²) in [6, 6.07) is 2.46. The van der Waals surface area contributed by atoms with Crippen molar-refractivity contribution in [1.82, 2.24) is 0 Å². The highest BCUT2D eigenvalue weighted by molar-refractivity contribution is 7.99. The minimum atomic E-state index is -0.420. The third-order valence-electron chi connectivity index (χ3n) is 4.43. The molecule has 2 nitrogen and oxygen atoms in total. The topological polar surface area (TPSA) is 44.0 Å². The van der Waals surface area contributed by atoms with Crippen molar-refractivity contribution in [2.24, 2.45) is 17.3 Å². The molecule has 0 aromatic heterocycles. The average Bonchev–Trinajstić information content (AvgIpc) is 2.98. The zero-order chi connectivity index (χ0) is 11.6. The Labute approximate surface area is 102 Å². The van der Waals surface area contributed by atoms with Crippen LogP contribution in [0.25, 0.3) is 0 Å². The Balaban J connectivity index is 2.07. The summed E-state index contributed by atoms with van der Waals surface area (Å²) in [4.78, 5) is 0. The standard InChI is InChI=1S/C13H21NOS/c1-2-10-3-5-13(7-10,9-14)12(15)11-4-6-16-8-11/h10-12,15H,2-8H2,1H3. The maximum absolute atomic E-state index is 10.5. The number of rotatable bonds is 3. The molecule has 2 rings (SSSR count). The monoisotopic (exact) mass is 239 g/mol. The molecule has 4 atom stereocenters. The van der Waals surface area contributed by atoms with Gasteiger partial charge in [-0.3, -0.25) is 0 Å². The maximum atomic E-state index is 10.5. The summed E-state index contributed by atoms with van der Waals surface area (Å²) in [5.74, 6) is 3.21. The molecular weight excluding hydrogens is 218 g/mol. The van der Waals surface area contributed by atoms with E-state index < -0.39 is 5.41 Å². The van der Waals surface area contributed by atoms with Crippen LogP contribution in [-0.2, 0) is 0 Å². The van der Waals surface area contributed by atoms with Gasteiger partial charge < -0.3 is 5.11 Å². The first-order valence-corrected chi connectivity index (χ1v) is 7.54. The molecule has 1 saturated heterocycles. The van der Waals surface area contributed by atoms with E-state index in [2.05, 4.69) is 13.0 Å². The molecular formula is C13H21NOS. The minimum Gasteiger partial charge on any atom is -0.391 e. The van der Waals surface area contributed by atoms with Crippen molar-refractivity contribution in [3.05, 3.63) is 0 Å². The van der Waals surface area contributed by atoms with Gasteiger partial charge in [-0.05, 0) is 49.0 Å². The lowest BCUT2D eigenvalue weighted by Crippen LogP contribution is -2.38. The van der Waals surface area contributed by atoms with Gasteiger partial charge in [0, 0.05) is 0 Å². The molecule has 1 N–H and O–H groups in total. The minimum absolute atomic E-state index is 0.361. The van der Waals surface area contributed by atoms with Gasteiger partial charge in [-0.15, -0.1) is 0 Å². The summed E-state index contributed by atoms with van der Waals surface area (Å²) in [5, 5.41) is 19.9. The van der Waals surface area contributed by atoms with E-state index in [4.69, 9.17) is 0 Å². The smallest absolute Gasteiger partial charge is 0.0838 e. The van der Waals surface area contributed by atoms with Crippen LogP contribution < -0.4 is 0 Å². The summed E-state index contributed by atoms with van der Waals surface area (Å²) in [6.07, 6.45) is 4.80. The molecule has 0 amide bonds. The first-order chi connectivity index (χ1) is 7.72. The average molecular weight is 239 g/mol. The van der Waals surface area contributed by atoms with Gasteiger partial charge in [-0.25, -0.2) is 0 Å². The Morgan fingerprint density at radius 1 is 1.56 bits per heavy atom. The number of aliphatic hydroxyl groups is 1. The summed E-state index contributed by atoms with van der Waals surface area (Å²) in [6.45, 7) is 2.19. The predicted molar refractivity (Wildman–Crippen MR) is 67.1 cm³/mol. The van der Waals surface area contributed by atoms with Crippen LogP contribution in [0.3, 0.4) is 0 Å². The molecule has 90 valence electrons. The molecule has 1 aliphatic carbocycles. The third kappa shape index (κ3) is 2.10. The SMILES string of the molecule is CCC1CCC(C#N)(C(O)C2CCSC2)C1. The molecule has 0 bridgehead atoms. The third-order valence-corrected chi connectivity index (χ3v) is 5.62. The van der Waals surface area contributed by atoms with Gasteiger partial charge in [0.05, 0.1) is 17.6 Å². The number of nitrogens with zero attached hydrogens (tertiary/aromatic N) is 1. The Hall–Kier alpha value is -0.200. The molecule has 2 aliphatic rings. The molecule has 2 fully saturated rings. The van der Waals surface area contributed by atoms with Crippen molar-refractivity contribution in [2.45, 2.75) is 45.1 Å². The van der Waals surface area contributed by atoms with E-state index in [1.807, 2.05) is 11.8 Å². The van der Waals surface area contributed by atoms with E-state index in [9.17, 15) is 10.4 Å². The Morgan fingerprint density at radius 3 is 2.88 bits per heavy atom. The van der Waals surface area contributed by atoms with Crippen LogP contribution in [0.4, 0.5) is 0 Å². The van der Waals surface area contributed by atoms with Crippen LogP contribution in [-0.4, -0.2) is 22.7 Å². The Kier molecular flexibility index (Phi) is 3.81. The van der Waals surface area contributed by atoms with Crippen molar-refractivity contribution in [2.75, 3.05) is 11.5 Å². The lowest BCUT2D eigenvalue weighted by atomic mass is 9.75. The number of nitriles is 1. The van der Waals surface area contributed by atoms with E-state index in [0.29, 0.717) is 11.8 Å². The van der Waals surface area contributed by atoms with Crippen molar-refractivity contribution >= 4 is 11.8 Å². The fraction of sp³-hybridized carbons (Fsp3) is 0.923. The summed E-state index contributed by atoms with van der Waals surface area (Å²) in [5.41, 5.74) is -0.420. The van der Waals surface area contributed by atoms with Crippen molar-refractivity contribution in [1.29, 1.82) is 5.26 Å². The van der Waals surface area contributed by atoms with Gasteiger partial charge in [0.25, 0.3) is 0 Å². The van der Waals surface area contributed by atoms with Crippen molar-refractivity contribution < 1.29 is 5.11 Å². The fourth-order valence-corrected chi connectivity index (χ4v) is 4.51. The molecule has 1 aliphatic heterocycles. The molecule has 3 heteroatoms. The zero-order valence-electron chi connectivity index (χ0n) is 9.98. The van der Waals surface area contributed by atoms with E-state index in [1.54, 1.807) is 0 Å². The normalized spacial score (nSPS) is 40.8. The van der Waals surface area contributed by atoms with Crippen LogP contribution in [0.2, 0.25) is 0 Å². The first kappa shape index (κ1) is 12.3. The van der Waals surface area contributed by atoms with E-state index in [0.717, 1.165) is 43.6 Å². The van der Waals surface area contributed by atoms with E-state index in [-0.39, 0.29) is 6.10 Å². The molecule has 1 heterocycles. The molecule has 1 saturated carbocycles. The van der Waals surface area contributed by atoms with E-state index in [1.165, 1.54) is 0 Å². The summed E-state index contributed by atoms with van der Waals surface area (Å²) < 4.78 is 0. The van der Waals surface area contributed by atoms with Crippen LogP contribution in [0.5, 0.6) is 0 Å². The lowest BCUT2D eigenvalue weighted by Gasteiger charge is -2.31. The molecule has 0 aromatic rings. The van der Waals surface area contributed by atoms with Gasteiger partial charge in [0.15, 0.2) is 0 Å².